The van der Waals surface area contributed by atoms with E-state index < -0.39 is 0 Å². The summed E-state index contributed by atoms with van der Waals surface area (Å²) in [5.41, 5.74) is 0. The van der Waals surface area contributed by atoms with Crippen molar-refractivity contribution in [1.29, 1.82) is 0 Å². The lowest BCUT2D eigenvalue weighted by atomic mass is 10.2. The molecule has 0 aromatic heterocycles. The van der Waals surface area contributed by atoms with E-state index >= 15 is 0 Å². The molecular weight excluding hydrogens is 144 g/mol. The molecular formula is C12H16. The monoisotopic (exact) mass is 160 g/mol. The van der Waals surface area contributed by atoms with E-state index in [2.05, 4.69) is 30.3 Å². The zero-order valence-electron chi connectivity index (χ0n) is 7.82. The van der Waals surface area contributed by atoms with Gasteiger partial charge in [0.05, 0.1) is 0 Å². The fourth-order valence-corrected chi connectivity index (χ4v) is 0.785. The quantitative estimate of drug-likeness (QED) is 0.337. The number of rotatable bonds is 4. The number of allylic oxidation sites excluding steroid dienone is 1. The van der Waals surface area contributed by atoms with Gasteiger partial charge < -0.3 is 0 Å². The van der Waals surface area contributed by atoms with Crippen molar-refractivity contribution in [2.75, 3.05) is 0 Å². The van der Waals surface area contributed by atoms with Crippen LogP contribution in [0.25, 0.3) is 0 Å². The maximum absolute atomic E-state index is 3.60. The summed E-state index contributed by atoms with van der Waals surface area (Å²) in [6.45, 7) is 5.48. The van der Waals surface area contributed by atoms with Gasteiger partial charge in [0.25, 0.3) is 0 Å². The Morgan fingerprint density at radius 3 is 2.33 bits per heavy atom. The molecule has 0 rings (SSSR count). The van der Waals surface area contributed by atoms with Gasteiger partial charge in [0.2, 0.25) is 0 Å². The van der Waals surface area contributed by atoms with Crippen LogP contribution in [-0.4, -0.2) is 0 Å². The largest absolute Gasteiger partial charge is 0.107 e. The summed E-state index contributed by atoms with van der Waals surface area (Å²) in [4.78, 5) is 0. The van der Waals surface area contributed by atoms with Gasteiger partial charge in [-0.15, -0.1) is 24.3 Å². The normalized spacial score (nSPS) is 7.42. The van der Waals surface area contributed by atoms with E-state index in [0.717, 1.165) is 19.3 Å². The van der Waals surface area contributed by atoms with Gasteiger partial charge in [-0.2, -0.15) is 0 Å². The third-order valence-corrected chi connectivity index (χ3v) is 1.40. The van der Waals surface area contributed by atoms with Gasteiger partial charge in [-0.1, -0.05) is 12.0 Å². The smallest absolute Gasteiger partial charge is 0.0267 e. The lowest BCUT2D eigenvalue weighted by molar-refractivity contribution is 0.782. The van der Waals surface area contributed by atoms with Gasteiger partial charge in [0.1, 0.15) is 0 Å². The molecule has 0 aromatic carbocycles. The first kappa shape index (κ1) is 10.9. The molecule has 0 unspecified atom stereocenters. The van der Waals surface area contributed by atoms with Crippen molar-refractivity contribution in [3.63, 3.8) is 0 Å². The molecule has 12 heavy (non-hydrogen) atoms. The molecule has 0 heteroatoms. The third-order valence-electron chi connectivity index (χ3n) is 1.40. The van der Waals surface area contributed by atoms with Crippen LogP contribution in [-0.2, 0) is 0 Å². The Morgan fingerprint density at radius 2 is 1.75 bits per heavy atom. The van der Waals surface area contributed by atoms with E-state index in [1.807, 2.05) is 13.0 Å². The minimum atomic E-state index is 0.814. The molecule has 0 spiro atoms. The van der Waals surface area contributed by atoms with Crippen LogP contribution in [0.2, 0.25) is 0 Å². The molecule has 0 saturated carbocycles. The Hall–Kier alpha value is -1.14. The number of unbranched alkanes of at least 4 members (excludes halogenated alkanes) is 3. The Kier molecular flexibility index (Phi) is 8.92. The molecule has 0 radical (unpaired) electrons. The van der Waals surface area contributed by atoms with E-state index in [-0.39, 0.29) is 0 Å². The molecule has 0 heterocycles. The minimum Gasteiger partial charge on any atom is -0.107 e. The highest BCUT2D eigenvalue weighted by Crippen LogP contribution is 1.97. The van der Waals surface area contributed by atoms with Crippen molar-refractivity contribution in [3.05, 3.63) is 12.7 Å². The summed E-state index contributed by atoms with van der Waals surface area (Å²) in [7, 11) is 0. The molecule has 0 amide bonds. The Balaban J connectivity index is 3.15. The summed E-state index contributed by atoms with van der Waals surface area (Å²) in [6, 6.07) is 0. The summed E-state index contributed by atoms with van der Waals surface area (Å²) in [5, 5.41) is 0. The van der Waals surface area contributed by atoms with E-state index in [1.54, 1.807) is 0 Å². The summed E-state index contributed by atoms with van der Waals surface area (Å²) in [6.07, 6.45) is 6.99. The maximum Gasteiger partial charge on any atom is 0.0267 e. The van der Waals surface area contributed by atoms with Crippen LogP contribution in [0.3, 0.4) is 0 Å². The third kappa shape index (κ3) is 8.86. The van der Waals surface area contributed by atoms with E-state index in [9.17, 15) is 0 Å². The SMILES string of the molecule is C=CCC#CCCCCC#CC. The molecule has 64 valence electrons. The Morgan fingerprint density at radius 1 is 1.08 bits per heavy atom. The first-order chi connectivity index (χ1) is 5.91. The lowest BCUT2D eigenvalue weighted by Crippen LogP contribution is -1.72. The average Bonchev–Trinajstić information content (AvgIpc) is 2.10. The minimum absolute atomic E-state index is 0.814. The van der Waals surface area contributed by atoms with Crippen LogP contribution >= 0.6 is 0 Å². The summed E-state index contributed by atoms with van der Waals surface area (Å²) in [5.74, 6) is 12.0. The van der Waals surface area contributed by atoms with Crippen molar-refractivity contribution in [2.45, 2.75) is 39.0 Å². The van der Waals surface area contributed by atoms with E-state index in [0.29, 0.717) is 0 Å². The first-order valence-electron chi connectivity index (χ1n) is 4.38. The molecule has 0 aliphatic carbocycles. The van der Waals surface area contributed by atoms with Crippen molar-refractivity contribution >= 4 is 0 Å². The topological polar surface area (TPSA) is 0 Å². The lowest BCUT2D eigenvalue weighted by Gasteiger charge is -1.87. The number of hydrogen-bond donors (Lipinski definition) is 0. The van der Waals surface area contributed by atoms with Crippen molar-refractivity contribution < 1.29 is 0 Å². The molecule has 0 aliphatic heterocycles. The van der Waals surface area contributed by atoms with Crippen molar-refractivity contribution in [3.8, 4) is 23.7 Å². The molecule has 0 aliphatic rings. The second kappa shape index (κ2) is 9.86. The maximum atomic E-state index is 3.60. The predicted octanol–water partition coefficient (Wildman–Crippen LogP) is 3.15. The molecule has 0 fully saturated rings. The standard InChI is InChI=1S/C12H16/c1-3-5-7-9-11-12-10-8-6-4-2/h3H,1,5,8,10-12H2,2H3. The van der Waals surface area contributed by atoms with Gasteiger partial charge in [-0.3, -0.25) is 0 Å². The average molecular weight is 160 g/mol. The van der Waals surface area contributed by atoms with Crippen LogP contribution in [0, 0.1) is 23.7 Å². The molecule has 0 nitrogen and oxygen atoms in total. The van der Waals surface area contributed by atoms with Crippen molar-refractivity contribution in [2.24, 2.45) is 0 Å². The van der Waals surface area contributed by atoms with Gasteiger partial charge in [0.15, 0.2) is 0 Å². The van der Waals surface area contributed by atoms with Crippen molar-refractivity contribution in [1.82, 2.24) is 0 Å². The Bertz CT molecular complexity index is 214. The first-order valence-corrected chi connectivity index (χ1v) is 4.38. The fraction of sp³-hybridized carbons (Fsp3) is 0.500. The second-order valence-corrected chi connectivity index (χ2v) is 2.48. The van der Waals surface area contributed by atoms with E-state index in [1.165, 1.54) is 12.8 Å². The van der Waals surface area contributed by atoms with Gasteiger partial charge in [-0.05, 0) is 19.8 Å². The van der Waals surface area contributed by atoms with E-state index in [4.69, 9.17) is 0 Å². The molecule has 0 bridgehead atoms. The molecule has 0 N–H and O–H groups in total. The van der Waals surface area contributed by atoms with Gasteiger partial charge >= 0.3 is 0 Å². The van der Waals surface area contributed by atoms with Crippen LogP contribution in [0.5, 0.6) is 0 Å². The van der Waals surface area contributed by atoms with Crippen LogP contribution in [0.15, 0.2) is 12.7 Å². The van der Waals surface area contributed by atoms with Crippen LogP contribution < -0.4 is 0 Å². The van der Waals surface area contributed by atoms with Gasteiger partial charge in [0, 0.05) is 19.3 Å². The zero-order chi connectivity index (χ0) is 9.07. The molecule has 0 aromatic rings. The van der Waals surface area contributed by atoms with Crippen LogP contribution in [0.1, 0.15) is 39.0 Å². The predicted molar refractivity (Wildman–Crippen MR) is 54.5 cm³/mol. The van der Waals surface area contributed by atoms with Crippen LogP contribution in [0.4, 0.5) is 0 Å². The highest BCUT2D eigenvalue weighted by atomic mass is 13.9. The fourth-order valence-electron chi connectivity index (χ4n) is 0.785. The number of hydrogen-bond acceptors (Lipinski definition) is 0. The zero-order valence-corrected chi connectivity index (χ0v) is 7.82. The highest BCUT2D eigenvalue weighted by molar-refractivity contribution is 5.02. The van der Waals surface area contributed by atoms with Gasteiger partial charge in [-0.25, -0.2) is 0 Å². The summed E-state index contributed by atoms with van der Waals surface area (Å²) >= 11 is 0. The Labute approximate surface area is 76.1 Å². The highest BCUT2D eigenvalue weighted by Gasteiger charge is 1.81. The molecule has 0 saturated heterocycles. The summed E-state index contributed by atoms with van der Waals surface area (Å²) < 4.78 is 0. The second-order valence-electron chi connectivity index (χ2n) is 2.48. The molecule has 0 atom stereocenters.